The molecule has 0 spiro atoms. The maximum absolute atomic E-state index is 12.0. The molecule has 1 aromatic heterocycles. The zero-order valence-electron chi connectivity index (χ0n) is 9.94. The topological polar surface area (TPSA) is 79.0 Å². The van der Waals surface area contributed by atoms with E-state index in [9.17, 15) is 13.2 Å². The number of aromatic amines is 1. The molecule has 1 aromatic rings. The van der Waals surface area contributed by atoms with Crippen molar-refractivity contribution in [2.45, 2.75) is 37.1 Å². The standard InChI is InChI=1S/C11H15ClN2O3S/c1-2-3-7-4-10(7)14-18(16,17)8-5-9(12)11(15)13-6-8/h5-7,10,14H,2-4H2,1H3,(H,13,15). The quantitative estimate of drug-likeness (QED) is 0.862. The fourth-order valence-corrected chi connectivity index (χ4v) is 3.49. The Morgan fingerprint density at radius 1 is 1.56 bits per heavy atom. The fourth-order valence-electron chi connectivity index (χ4n) is 1.94. The lowest BCUT2D eigenvalue weighted by molar-refractivity contribution is 0.572. The Hall–Kier alpha value is -0.850. The van der Waals surface area contributed by atoms with Gasteiger partial charge in [-0.2, -0.15) is 0 Å². The van der Waals surface area contributed by atoms with E-state index in [0.29, 0.717) is 5.92 Å². The third-order valence-corrected chi connectivity index (χ3v) is 4.78. The van der Waals surface area contributed by atoms with Gasteiger partial charge in [0.15, 0.2) is 0 Å². The van der Waals surface area contributed by atoms with Crippen molar-refractivity contribution >= 4 is 21.6 Å². The minimum atomic E-state index is -3.59. The Morgan fingerprint density at radius 3 is 2.89 bits per heavy atom. The predicted molar refractivity (Wildman–Crippen MR) is 69.2 cm³/mol. The van der Waals surface area contributed by atoms with E-state index in [1.165, 1.54) is 6.07 Å². The van der Waals surface area contributed by atoms with Gasteiger partial charge in [-0.3, -0.25) is 4.79 Å². The zero-order chi connectivity index (χ0) is 13.3. The number of hydrogen-bond acceptors (Lipinski definition) is 3. The van der Waals surface area contributed by atoms with Crippen LogP contribution < -0.4 is 10.3 Å². The van der Waals surface area contributed by atoms with Crippen LogP contribution in [0.3, 0.4) is 0 Å². The molecule has 0 aromatic carbocycles. The Balaban J connectivity index is 2.12. The molecule has 100 valence electrons. The van der Waals surface area contributed by atoms with Crippen molar-refractivity contribution in [2.24, 2.45) is 5.92 Å². The lowest BCUT2D eigenvalue weighted by Crippen LogP contribution is -2.27. The van der Waals surface area contributed by atoms with Gasteiger partial charge in [0.2, 0.25) is 10.0 Å². The zero-order valence-corrected chi connectivity index (χ0v) is 11.5. The Bertz CT molecular complexity index is 597. The molecule has 2 unspecified atom stereocenters. The molecule has 1 heterocycles. The molecule has 1 aliphatic carbocycles. The van der Waals surface area contributed by atoms with Gasteiger partial charge in [0, 0.05) is 12.2 Å². The fraction of sp³-hybridized carbons (Fsp3) is 0.545. The van der Waals surface area contributed by atoms with E-state index in [4.69, 9.17) is 11.6 Å². The number of nitrogens with one attached hydrogen (secondary N) is 2. The van der Waals surface area contributed by atoms with Gasteiger partial charge in [0.1, 0.15) is 5.02 Å². The molecule has 18 heavy (non-hydrogen) atoms. The number of hydrogen-bond donors (Lipinski definition) is 2. The highest BCUT2D eigenvalue weighted by atomic mass is 35.5. The molecule has 1 saturated carbocycles. The summed E-state index contributed by atoms with van der Waals surface area (Å²) in [5, 5.41) is -0.126. The molecule has 0 saturated heterocycles. The number of sulfonamides is 1. The largest absolute Gasteiger partial charge is 0.326 e. The molecule has 5 nitrogen and oxygen atoms in total. The van der Waals surface area contributed by atoms with Crippen molar-refractivity contribution in [1.82, 2.24) is 9.71 Å². The summed E-state index contributed by atoms with van der Waals surface area (Å²) in [6.45, 7) is 2.07. The highest BCUT2D eigenvalue weighted by Gasteiger charge is 2.39. The molecule has 1 fully saturated rings. The molecule has 0 aliphatic heterocycles. The summed E-state index contributed by atoms with van der Waals surface area (Å²) in [5.74, 6) is 0.433. The number of rotatable bonds is 5. The highest BCUT2D eigenvalue weighted by Crippen LogP contribution is 2.35. The van der Waals surface area contributed by atoms with Gasteiger partial charge in [-0.05, 0) is 24.8 Å². The van der Waals surface area contributed by atoms with E-state index >= 15 is 0 Å². The summed E-state index contributed by atoms with van der Waals surface area (Å²) < 4.78 is 26.6. The third kappa shape index (κ3) is 2.93. The Morgan fingerprint density at radius 2 is 2.28 bits per heavy atom. The summed E-state index contributed by atoms with van der Waals surface area (Å²) in [4.78, 5) is 13.4. The minimum absolute atomic E-state index is 0.00533. The van der Waals surface area contributed by atoms with E-state index in [0.717, 1.165) is 25.5 Å². The summed E-state index contributed by atoms with van der Waals surface area (Å²) in [5.41, 5.74) is -0.495. The van der Waals surface area contributed by atoms with Crippen molar-refractivity contribution in [3.8, 4) is 0 Å². The number of pyridine rings is 1. The van der Waals surface area contributed by atoms with Crippen LogP contribution in [0.15, 0.2) is 22.0 Å². The van der Waals surface area contributed by atoms with Crippen LogP contribution in [0.25, 0.3) is 0 Å². The summed E-state index contributed by atoms with van der Waals surface area (Å²) >= 11 is 5.61. The molecular weight excluding hydrogens is 276 g/mol. The number of aromatic nitrogens is 1. The predicted octanol–water partition coefficient (Wildman–Crippen LogP) is 1.50. The first-order valence-electron chi connectivity index (χ1n) is 5.84. The van der Waals surface area contributed by atoms with Crippen LogP contribution in [-0.2, 0) is 10.0 Å². The summed E-state index contributed by atoms with van der Waals surface area (Å²) in [7, 11) is -3.59. The molecule has 7 heteroatoms. The van der Waals surface area contributed by atoms with E-state index in [-0.39, 0.29) is 16.0 Å². The lowest BCUT2D eigenvalue weighted by Gasteiger charge is -2.06. The molecule has 2 N–H and O–H groups in total. The van der Waals surface area contributed by atoms with E-state index in [1.54, 1.807) is 0 Å². The van der Waals surface area contributed by atoms with E-state index < -0.39 is 15.6 Å². The van der Waals surface area contributed by atoms with Crippen molar-refractivity contribution < 1.29 is 8.42 Å². The van der Waals surface area contributed by atoms with Crippen LogP contribution in [-0.4, -0.2) is 19.4 Å². The van der Waals surface area contributed by atoms with Crippen molar-refractivity contribution in [2.75, 3.05) is 0 Å². The molecule has 1 aliphatic rings. The minimum Gasteiger partial charge on any atom is -0.326 e. The number of H-pyrrole nitrogens is 1. The second kappa shape index (κ2) is 5.03. The summed E-state index contributed by atoms with van der Waals surface area (Å²) in [6.07, 6.45) is 4.12. The lowest BCUT2D eigenvalue weighted by atomic mass is 10.2. The molecule has 2 atom stereocenters. The van der Waals surface area contributed by atoms with Crippen LogP contribution in [0.1, 0.15) is 26.2 Å². The first kappa shape index (κ1) is 13.6. The molecule has 0 radical (unpaired) electrons. The molecule has 2 rings (SSSR count). The maximum atomic E-state index is 12.0. The van der Waals surface area contributed by atoms with Gasteiger partial charge in [-0.1, -0.05) is 24.9 Å². The third-order valence-electron chi connectivity index (χ3n) is 3.03. The Labute approximate surface area is 111 Å². The van der Waals surface area contributed by atoms with Gasteiger partial charge >= 0.3 is 0 Å². The Kier molecular flexibility index (Phi) is 3.79. The normalized spacial score (nSPS) is 23.0. The van der Waals surface area contributed by atoms with Gasteiger partial charge in [0.25, 0.3) is 5.56 Å². The van der Waals surface area contributed by atoms with Gasteiger partial charge in [-0.15, -0.1) is 0 Å². The van der Waals surface area contributed by atoms with E-state index in [2.05, 4.69) is 16.6 Å². The number of halogens is 1. The first-order valence-corrected chi connectivity index (χ1v) is 7.70. The molecule has 0 amide bonds. The van der Waals surface area contributed by atoms with Crippen LogP contribution in [0.5, 0.6) is 0 Å². The van der Waals surface area contributed by atoms with Crippen LogP contribution in [0.4, 0.5) is 0 Å². The second-order valence-electron chi connectivity index (χ2n) is 4.52. The molecular formula is C11H15ClN2O3S. The average molecular weight is 291 g/mol. The summed E-state index contributed by atoms with van der Waals surface area (Å²) in [6, 6.07) is 1.18. The van der Waals surface area contributed by atoms with Crippen LogP contribution in [0, 0.1) is 5.92 Å². The second-order valence-corrected chi connectivity index (χ2v) is 6.65. The van der Waals surface area contributed by atoms with Gasteiger partial charge in [-0.25, -0.2) is 13.1 Å². The van der Waals surface area contributed by atoms with Crippen molar-refractivity contribution in [3.05, 3.63) is 27.6 Å². The maximum Gasteiger partial charge on any atom is 0.266 e. The van der Waals surface area contributed by atoms with Gasteiger partial charge < -0.3 is 4.98 Å². The monoisotopic (exact) mass is 290 g/mol. The van der Waals surface area contributed by atoms with Crippen LogP contribution >= 0.6 is 11.6 Å². The van der Waals surface area contributed by atoms with Crippen molar-refractivity contribution in [3.63, 3.8) is 0 Å². The van der Waals surface area contributed by atoms with Gasteiger partial charge in [0.05, 0.1) is 4.90 Å². The highest BCUT2D eigenvalue weighted by molar-refractivity contribution is 7.89. The first-order chi connectivity index (χ1) is 8.44. The smallest absolute Gasteiger partial charge is 0.266 e. The SMILES string of the molecule is CCCC1CC1NS(=O)(=O)c1c[nH]c(=O)c(Cl)c1. The average Bonchev–Trinajstić information content (AvgIpc) is 3.00. The van der Waals surface area contributed by atoms with Crippen molar-refractivity contribution in [1.29, 1.82) is 0 Å². The molecule has 0 bridgehead atoms. The van der Waals surface area contributed by atoms with E-state index in [1.807, 2.05) is 0 Å². The van der Waals surface area contributed by atoms with Crippen LogP contribution in [0.2, 0.25) is 5.02 Å².